The predicted molar refractivity (Wildman–Crippen MR) is 62.5 cm³/mol. The third-order valence-corrected chi connectivity index (χ3v) is 2.94. The van der Waals surface area contributed by atoms with Crippen molar-refractivity contribution in [2.75, 3.05) is 25.5 Å². The van der Waals surface area contributed by atoms with Gasteiger partial charge in [0.1, 0.15) is 5.88 Å². The molecule has 0 aromatic heterocycles. The lowest BCUT2D eigenvalue weighted by Gasteiger charge is -2.23. The summed E-state index contributed by atoms with van der Waals surface area (Å²) in [4.78, 5) is 24.3. The third-order valence-electron chi connectivity index (χ3n) is 2.70. The summed E-state index contributed by atoms with van der Waals surface area (Å²) in [5.41, 5.74) is 0. The Bertz CT molecular complexity index is 254. The fraction of sp³-hybridized carbons (Fsp3) is 0.800. The largest absolute Gasteiger partial charge is 0.336 e. The van der Waals surface area contributed by atoms with Gasteiger partial charge in [0.25, 0.3) is 0 Å². The van der Waals surface area contributed by atoms with Crippen molar-refractivity contribution in [3.8, 4) is 0 Å². The van der Waals surface area contributed by atoms with Crippen LogP contribution in [0.1, 0.15) is 19.8 Å². The third kappa shape index (κ3) is 4.37. The highest BCUT2D eigenvalue weighted by Crippen LogP contribution is 2.10. The Morgan fingerprint density at radius 1 is 1.38 bits per heavy atom. The summed E-state index contributed by atoms with van der Waals surface area (Å²) in [5.74, 6) is -0.678. The van der Waals surface area contributed by atoms with Crippen LogP contribution in [-0.2, 0) is 4.79 Å². The maximum Gasteiger partial charge on any atom is 0.321 e. The average Bonchev–Trinajstić information content (AvgIpc) is 2.79. The van der Waals surface area contributed by atoms with E-state index in [2.05, 4.69) is 22.5 Å². The van der Waals surface area contributed by atoms with Crippen molar-refractivity contribution in [1.29, 1.82) is 0 Å². The molecule has 0 aromatic carbocycles. The Kier molecular flexibility index (Phi) is 5.55. The fourth-order valence-corrected chi connectivity index (χ4v) is 1.82. The van der Waals surface area contributed by atoms with Crippen LogP contribution in [0.3, 0.4) is 0 Å². The fourth-order valence-electron chi connectivity index (χ4n) is 1.76. The highest BCUT2D eigenvalue weighted by atomic mass is 35.5. The molecule has 2 N–H and O–H groups in total. The Labute approximate surface area is 101 Å². The lowest BCUT2D eigenvalue weighted by atomic mass is 10.3. The monoisotopic (exact) mass is 247 g/mol. The van der Waals surface area contributed by atoms with E-state index in [0.717, 1.165) is 13.1 Å². The van der Waals surface area contributed by atoms with Gasteiger partial charge in [-0.15, -0.1) is 11.6 Å². The van der Waals surface area contributed by atoms with Gasteiger partial charge in [-0.2, -0.15) is 0 Å². The molecule has 1 atom stereocenters. The molecule has 16 heavy (non-hydrogen) atoms. The predicted octanol–water partition coefficient (Wildman–Crippen LogP) is 0.535. The van der Waals surface area contributed by atoms with Crippen LogP contribution < -0.4 is 10.6 Å². The first-order valence-electron chi connectivity index (χ1n) is 5.51. The number of halogens is 1. The molecule has 1 heterocycles. The molecule has 92 valence electrons. The number of amides is 3. The number of carbonyl (C=O) groups excluding carboxylic acids is 2. The van der Waals surface area contributed by atoms with Gasteiger partial charge in [-0.1, -0.05) is 0 Å². The minimum absolute atomic E-state index is 0.199. The number of hydrogen-bond acceptors (Lipinski definition) is 3. The van der Waals surface area contributed by atoms with Gasteiger partial charge in [0.2, 0.25) is 5.91 Å². The molecule has 3 amide bonds. The van der Waals surface area contributed by atoms with Gasteiger partial charge in [0.05, 0.1) is 0 Å². The molecular formula is C10H18ClN3O2. The van der Waals surface area contributed by atoms with Crippen molar-refractivity contribution in [1.82, 2.24) is 15.5 Å². The molecule has 1 aliphatic rings. The van der Waals surface area contributed by atoms with E-state index >= 15 is 0 Å². The molecule has 1 unspecified atom stereocenters. The Morgan fingerprint density at radius 3 is 2.56 bits per heavy atom. The van der Waals surface area contributed by atoms with Gasteiger partial charge in [0.15, 0.2) is 0 Å². The minimum atomic E-state index is -0.479. The molecule has 1 aliphatic heterocycles. The number of imide groups is 1. The summed E-state index contributed by atoms with van der Waals surface area (Å²) in [5, 5.41) is 4.79. The Balaban J connectivity index is 2.17. The number of likely N-dealkylation sites (tertiary alicyclic amines) is 1. The lowest BCUT2D eigenvalue weighted by Crippen LogP contribution is -2.46. The molecule has 1 fully saturated rings. The standard InChI is InChI=1S/C10H18ClN3O2/c1-8(14-4-2-3-5-14)7-12-10(16)13-9(15)6-11/h8H,2-7H2,1H3,(H2,12,13,15,16). The molecule has 0 aromatic rings. The number of rotatable bonds is 4. The molecule has 0 aliphatic carbocycles. The molecular weight excluding hydrogens is 230 g/mol. The number of nitrogens with zero attached hydrogens (tertiary/aromatic N) is 1. The quantitative estimate of drug-likeness (QED) is 0.713. The zero-order chi connectivity index (χ0) is 12.0. The van der Waals surface area contributed by atoms with Gasteiger partial charge in [-0.3, -0.25) is 15.0 Å². The first-order valence-corrected chi connectivity index (χ1v) is 6.04. The summed E-state index contributed by atoms with van der Waals surface area (Å²) in [6, 6.07) is -0.170. The van der Waals surface area contributed by atoms with Gasteiger partial charge in [-0.25, -0.2) is 4.79 Å². The SMILES string of the molecule is CC(CNC(=O)NC(=O)CCl)N1CCCC1. The average molecular weight is 248 g/mol. The molecule has 1 rings (SSSR count). The summed E-state index contributed by atoms with van der Waals surface area (Å²) < 4.78 is 0. The van der Waals surface area contributed by atoms with Crippen LogP contribution in [0.5, 0.6) is 0 Å². The molecule has 6 heteroatoms. The molecule has 0 bridgehead atoms. The highest BCUT2D eigenvalue weighted by Gasteiger charge is 2.18. The second-order valence-electron chi connectivity index (χ2n) is 3.98. The topological polar surface area (TPSA) is 61.4 Å². The number of carbonyl (C=O) groups is 2. The van der Waals surface area contributed by atoms with E-state index in [1.165, 1.54) is 12.8 Å². The molecule has 1 saturated heterocycles. The van der Waals surface area contributed by atoms with Crippen molar-refractivity contribution in [3.63, 3.8) is 0 Å². The van der Waals surface area contributed by atoms with E-state index in [0.29, 0.717) is 12.6 Å². The van der Waals surface area contributed by atoms with E-state index in [4.69, 9.17) is 11.6 Å². The van der Waals surface area contributed by atoms with Gasteiger partial charge in [-0.05, 0) is 32.9 Å². The summed E-state index contributed by atoms with van der Waals surface area (Å²) >= 11 is 5.26. The second kappa shape index (κ2) is 6.70. The van der Waals surface area contributed by atoms with Crippen LogP contribution in [-0.4, -0.2) is 48.4 Å². The van der Waals surface area contributed by atoms with Crippen molar-refractivity contribution in [2.45, 2.75) is 25.8 Å². The van der Waals surface area contributed by atoms with Crippen LogP contribution in [0.4, 0.5) is 4.79 Å². The van der Waals surface area contributed by atoms with E-state index < -0.39 is 11.9 Å². The number of alkyl halides is 1. The molecule has 0 radical (unpaired) electrons. The maximum atomic E-state index is 11.2. The smallest absolute Gasteiger partial charge is 0.321 e. The second-order valence-corrected chi connectivity index (χ2v) is 4.25. The van der Waals surface area contributed by atoms with Gasteiger partial charge in [0, 0.05) is 12.6 Å². The van der Waals surface area contributed by atoms with Crippen LogP contribution >= 0.6 is 11.6 Å². The van der Waals surface area contributed by atoms with Crippen molar-refractivity contribution in [2.24, 2.45) is 0 Å². The first-order chi connectivity index (χ1) is 7.63. The zero-order valence-corrected chi connectivity index (χ0v) is 10.2. The van der Waals surface area contributed by atoms with Gasteiger partial charge < -0.3 is 5.32 Å². The minimum Gasteiger partial charge on any atom is -0.336 e. The normalized spacial score (nSPS) is 18.1. The van der Waals surface area contributed by atoms with Crippen LogP contribution in [0.2, 0.25) is 0 Å². The summed E-state index contributed by atoms with van der Waals surface area (Å²) in [6.45, 7) is 4.78. The zero-order valence-electron chi connectivity index (χ0n) is 9.46. The highest BCUT2D eigenvalue weighted by molar-refractivity contribution is 6.28. The van der Waals surface area contributed by atoms with Crippen LogP contribution in [0.15, 0.2) is 0 Å². The van der Waals surface area contributed by atoms with Crippen molar-refractivity contribution >= 4 is 23.5 Å². The van der Waals surface area contributed by atoms with E-state index in [-0.39, 0.29) is 5.88 Å². The van der Waals surface area contributed by atoms with E-state index in [9.17, 15) is 9.59 Å². The Hall–Kier alpha value is -0.810. The first kappa shape index (κ1) is 13.3. The summed E-state index contributed by atoms with van der Waals surface area (Å²) in [7, 11) is 0. The van der Waals surface area contributed by atoms with Crippen LogP contribution in [0.25, 0.3) is 0 Å². The number of hydrogen-bond donors (Lipinski definition) is 2. The van der Waals surface area contributed by atoms with Crippen molar-refractivity contribution in [3.05, 3.63) is 0 Å². The van der Waals surface area contributed by atoms with E-state index in [1.807, 2.05) is 0 Å². The molecule has 5 nitrogen and oxygen atoms in total. The molecule has 0 spiro atoms. The molecule has 0 saturated carbocycles. The van der Waals surface area contributed by atoms with Crippen LogP contribution in [0, 0.1) is 0 Å². The summed E-state index contributed by atoms with van der Waals surface area (Å²) in [6.07, 6.45) is 2.45. The Morgan fingerprint density at radius 2 is 2.00 bits per heavy atom. The lowest BCUT2D eigenvalue weighted by molar-refractivity contribution is -0.117. The van der Waals surface area contributed by atoms with Crippen molar-refractivity contribution < 1.29 is 9.59 Å². The number of nitrogens with one attached hydrogen (secondary N) is 2. The number of urea groups is 1. The van der Waals surface area contributed by atoms with Gasteiger partial charge >= 0.3 is 6.03 Å². The maximum absolute atomic E-state index is 11.2. The van der Waals surface area contributed by atoms with E-state index in [1.54, 1.807) is 0 Å².